The molecule has 7 heteroatoms. The van der Waals surface area contributed by atoms with Gasteiger partial charge in [-0.3, -0.25) is 9.59 Å². The Morgan fingerprint density at radius 2 is 2.11 bits per heavy atom. The zero-order valence-electron chi connectivity index (χ0n) is 15.7. The average molecular weight is 380 g/mol. The van der Waals surface area contributed by atoms with Gasteiger partial charge in [-0.2, -0.15) is 4.98 Å². The quantitative estimate of drug-likeness (QED) is 0.803. The van der Waals surface area contributed by atoms with E-state index in [2.05, 4.69) is 26.9 Å². The second kappa shape index (κ2) is 7.96. The molecule has 2 aromatic rings. The van der Waals surface area contributed by atoms with Crippen molar-refractivity contribution in [3.63, 3.8) is 0 Å². The molecule has 2 heterocycles. The van der Waals surface area contributed by atoms with Crippen LogP contribution in [0.1, 0.15) is 44.4 Å². The van der Waals surface area contributed by atoms with Crippen LogP contribution in [-0.4, -0.2) is 28.5 Å². The van der Waals surface area contributed by atoms with Crippen LogP contribution >= 0.6 is 0 Å². The summed E-state index contributed by atoms with van der Waals surface area (Å²) in [6.45, 7) is 0.553. The number of nitrogens with zero attached hydrogens (tertiary/aromatic N) is 2. The SMILES string of the molecule is O=C(CCc1nc(-c2ccccc2)no1)NCC12CCCC=C1NC(=O)CC2. The summed E-state index contributed by atoms with van der Waals surface area (Å²) in [4.78, 5) is 28.4. The number of hydrogen-bond acceptors (Lipinski definition) is 5. The van der Waals surface area contributed by atoms with Crippen LogP contribution in [0.25, 0.3) is 11.4 Å². The lowest BCUT2D eigenvalue weighted by Crippen LogP contribution is -2.48. The predicted molar refractivity (Wildman–Crippen MR) is 103 cm³/mol. The Bertz CT molecular complexity index is 890. The number of benzene rings is 1. The highest BCUT2D eigenvalue weighted by atomic mass is 16.5. The summed E-state index contributed by atoms with van der Waals surface area (Å²) < 4.78 is 5.26. The van der Waals surface area contributed by atoms with Crippen molar-refractivity contribution in [2.45, 2.75) is 44.9 Å². The van der Waals surface area contributed by atoms with Gasteiger partial charge in [-0.15, -0.1) is 0 Å². The molecule has 0 saturated carbocycles. The number of hydrogen-bond donors (Lipinski definition) is 2. The van der Waals surface area contributed by atoms with Crippen LogP contribution in [0.4, 0.5) is 0 Å². The molecule has 2 N–H and O–H groups in total. The van der Waals surface area contributed by atoms with Gasteiger partial charge in [0, 0.05) is 42.5 Å². The Morgan fingerprint density at radius 1 is 1.25 bits per heavy atom. The van der Waals surface area contributed by atoms with E-state index in [-0.39, 0.29) is 23.7 Å². The first kappa shape index (κ1) is 18.4. The number of piperidine rings is 1. The first-order chi connectivity index (χ1) is 13.6. The normalized spacial score (nSPS) is 21.4. The highest BCUT2D eigenvalue weighted by molar-refractivity contribution is 5.80. The Morgan fingerprint density at radius 3 is 2.96 bits per heavy atom. The second-order valence-electron chi connectivity index (χ2n) is 7.49. The fourth-order valence-electron chi connectivity index (χ4n) is 3.96. The van der Waals surface area contributed by atoms with Gasteiger partial charge in [0.1, 0.15) is 0 Å². The molecule has 0 radical (unpaired) electrons. The minimum Gasteiger partial charge on any atom is -0.355 e. The van der Waals surface area contributed by atoms with Gasteiger partial charge >= 0.3 is 0 Å². The van der Waals surface area contributed by atoms with Crippen LogP contribution in [0, 0.1) is 5.41 Å². The molecule has 1 saturated heterocycles. The average Bonchev–Trinajstić information content (AvgIpc) is 3.21. The van der Waals surface area contributed by atoms with Crippen LogP contribution in [-0.2, 0) is 16.0 Å². The van der Waals surface area contributed by atoms with Gasteiger partial charge < -0.3 is 15.2 Å². The second-order valence-corrected chi connectivity index (χ2v) is 7.49. The molecule has 1 atom stereocenters. The molecule has 1 aliphatic carbocycles. The van der Waals surface area contributed by atoms with E-state index >= 15 is 0 Å². The molecule has 1 aromatic carbocycles. The molecule has 1 fully saturated rings. The van der Waals surface area contributed by atoms with Gasteiger partial charge in [0.15, 0.2) is 0 Å². The van der Waals surface area contributed by atoms with E-state index in [0.717, 1.165) is 36.9 Å². The van der Waals surface area contributed by atoms with Crippen molar-refractivity contribution >= 4 is 11.8 Å². The van der Waals surface area contributed by atoms with E-state index in [0.29, 0.717) is 31.1 Å². The van der Waals surface area contributed by atoms with Crippen molar-refractivity contribution in [2.24, 2.45) is 5.41 Å². The lowest BCUT2D eigenvalue weighted by molar-refractivity contribution is -0.123. The Hall–Kier alpha value is -2.96. The van der Waals surface area contributed by atoms with Crippen LogP contribution in [0.5, 0.6) is 0 Å². The number of aryl methyl sites for hydroxylation is 1. The van der Waals surface area contributed by atoms with Crippen molar-refractivity contribution in [3.05, 3.63) is 48.0 Å². The highest BCUT2D eigenvalue weighted by Gasteiger charge is 2.40. The first-order valence-electron chi connectivity index (χ1n) is 9.80. The Balaban J connectivity index is 1.30. The summed E-state index contributed by atoms with van der Waals surface area (Å²) in [6.07, 6.45) is 7.15. The first-order valence-corrected chi connectivity index (χ1v) is 9.80. The third-order valence-corrected chi connectivity index (χ3v) is 5.57. The van der Waals surface area contributed by atoms with Gasteiger partial charge in [-0.05, 0) is 25.7 Å². The maximum atomic E-state index is 12.4. The summed E-state index contributed by atoms with van der Waals surface area (Å²) in [5.74, 6) is 1.01. The number of carbonyl (C=O) groups is 2. The van der Waals surface area contributed by atoms with Crippen molar-refractivity contribution in [3.8, 4) is 11.4 Å². The monoisotopic (exact) mass is 380 g/mol. The van der Waals surface area contributed by atoms with E-state index in [1.165, 1.54) is 0 Å². The largest absolute Gasteiger partial charge is 0.355 e. The molecule has 0 bridgehead atoms. The van der Waals surface area contributed by atoms with Crippen molar-refractivity contribution in [1.82, 2.24) is 20.8 Å². The minimum atomic E-state index is -0.132. The predicted octanol–water partition coefficient (Wildman–Crippen LogP) is 2.75. The highest BCUT2D eigenvalue weighted by Crippen LogP contribution is 2.42. The summed E-state index contributed by atoms with van der Waals surface area (Å²) in [5, 5.41) is 10.0. The number of rotatable bonds is 6. The lowest BCUT2D eigenvalue weighted by Gasteiger charge is -2.42. The van der Waals surface area contributed by atoms with E-state index in [9.17, 15) is 9.59 Å². The van der Waals surface area contributed by atoms with Gasteiger partial charge in [0.25, 0.3) is 0 Å². The zero-order chi connectivity index (χ0) is 19.4. The number of fused-ring (bicyclic) bond motifs is 1. The van der Waals surface area contributed by atoms with Crippen LogP contribution < -0.4 is 10.6 Å². The van der Waals surface area contributed by atoms with Crippen LogP contribution in [0.3, 0.4) is 0 Å². The summed E-state index contributed by atoms with van der Waals surface area (Å²) in [7, 11) is 0. The molecular weight excluding hydrogens is 356 g/mol. The summed E-state index contributed by atoms with van der Waals surface area (Å²) in [5.41, 5.74) is 1.74. The smallest absolute Gasteiger partial charge is 0.227 e. The van der Waals surface area contributed by atoms with Gasteiger partial charge in [-0.1, -0.05) is 41.6 Å². The molecule has 1 unspecified atom stereocenters. The molecule has 4 rings (SSSR count). The van der Waals surface area contributed by atoms with Crippen molar-refractivity contribution < 1.29 is 14.1 Å². The van der Waals surface area contributed by atoms with E-state index in [1.54, 1.807) is 0 Å². The fraction of sp³-hybridized carbons (Fsp3) is 0.429. The lowest BCUT2D eigenvalue weighted by atomic mass is 9.70. The molecular formula is C21H24N4O3. The third-order valence-electron chi connectivity index (χ3n) is 5.57. The third kappa shape index (κ3) is 3.98. The van der Waals surface area contributed by atoms with Crippen LogP contribution in [0.2, 0.25) is 0 Å². The molecule has 146 valence electrons. The molecule has 0 spiro atoms. The maximum absolute atomic E-state index is 12.4. The molecule has 28 heavy (non-hydrogen) atoms. The zero-order valence-corrected chi connectivity index (χ0v) is 15.7. The van der Waals surface area contributed by atoms with Gasteiger partial charge in [0.2, 0.25) is 23.5 Å². The Labute approximate surface area is 163 Å². The fourth-order valence-corrected chi connectivity index (χ4v) is 3.96. The topological polar surface area (TPSA) is 97.1 Å². The number of allylic oxidation sites excluding steroid dienone is 1. The number of carbonyl (C=O) groups excluding carboxylic acids is 2. The van der Waals surface area contributed by atoms with E-state index in [1.807, 2.05) is 30.3 Å². The van der Waals surface area contributed by atoms with E-state index < -0.39 is 0 Å². The number of amides is 2. The van der Waals surface area contributed by atoms with E-state index in [4.69, 9.17) is 4.52 Å². The summed E-state index contributed by atoms with van der Waals surface area (Å²) in [6, 6.07) is 9.59. The van der Waals surface area contributed by atoms with Gasteiger partial charge in [-0.25, -0.2) is 0 Å². The Kier molecular flexibility index (Phi) is 5.23. The number of nitrogens with one attached hydrogen (secondary N) is 2. The molecule has 1 aliphatic heterocycles. The van der Waals surface area contributed by atoms with Crippen molar-refractivity contribution in [1.29, 1.82) is 0 Å². The van der Waals surface area contributed by atoms with Crippen LogP contribution in [0.15, 0.2) is 46.6 Å². The standard InChI is InChI=1S/C21H24N4O3/c26-17(9-10-19-24-20(25-28-19)15-6-2-1-3-7-15)22-14-21-12-5-4-8-16(21)23-18(27)11-13-21/h1-3,6-8H,4-5,9-14H2,(H,22,26)(H,23,27). The maximum Gasteiger partial charge on any atom is 0.227 e. The van der Waals surface area contributed by atoms with Crippen molar-refractivity contribution in [2.75, 3.05) is 6.54 Å². The van der Waals surface area contributed by atoms with Gasteiger partial charge in [0.05, 0.1) is 0 Å². The minimum absolute atomic E-state index is 0.0457. The molecule has 2 amide bonds. The number of aromatic nitrogens is 2. The molecule has 7 nitrogen and oxygen atoms in total. The molecule has 2 aliphatic rings. The summed E-state index contributed by atoms with van der Waals surface area (Å²) >= 11 is 0. The molecule has 1 aromatic heterocycles.